The summed E-state index contributed by atoms with van der Waals surface area (Å²) in [6.45, 7) is 1.89. The van der Waals surface area contributed by atoms with E-state index in [0.29, 0.717) is 5.84 Å². The number of nitrogens with zero attached hydrogens (tertiary/aromatic N) is 4. The minimum absolute atomic E-state index is 0.272. The molecule has 2 N–H and O–H groups in total. The van der Waals surface area contributed by atoms with Crippen molar-refractivity contribution in [2.75, 3.05) is 7.05 Å². The van der Waals surface area contributed by atoms with Crippen LogP contribution in [0.15, 0.2) is 11.2 Å². The van der Waals surface area contributed by atoms with E-state index in [4.69, 9.17) is 5.73 Å². The molecule has 2 rings (SSSR count). The number of nitrogens with two attached hydrogens (primary N) is 1. The van der Waals surface area contributed by atoms with Crippen LogP contribution in [-0.4, -0.2) is 33.6 Å². The van der Waals surface area contributed by atoms with Gasteiger partial charge in [0.05, 0.1) is 5.69 Å². The number of carbonyl (C=O) groups excluding carboxylic acids is 1. The number of aliphatic imine (C=N–C) groups is 1. The van der Waals surface area contributed by atoms with Crippen molar-refractivity contribution in [3.05, 3.63) is 17.5 Å². The Bertz CT molecular complexity index is 447. The number of hydrogen-bond donors (Lipinski definition) is 1. The molecule has 2 heterocycles. The third-order valence-corrected chi connectivity index (χ3v) is 2.54. The molecule has 0 saturated carbocycles. The lowest BCUT2D eigenvalue weighted by Gasteiger charge is -2.18. The summed E-state index contributed by atoms with van der Waals surface area (Å²) in [5, 5.41) is 4.22. The van der Waals surface area contributed by atoms with E-state index in [1.54, 1.807) is 11.7 Å². The van der Waals surface area contributed by atoms with Crippen molar-refractivity contribution in [1.29, 1.82) is 0 Å². The molecule has 0 aromatic carbocycles. The van der Waals surface area contributed by atoms with E-state index in [1.165, 1.54) is 4.90 Å². The van der Waals surface area contributed by atoms with Gasteiger partial charge in [0.15, 0.2) is 0 Å². The van der Waals surface area contributed by atoms with Crippen LogP contribution in [0.4, 0.5) is 4.79 Å². The second-order valence-corrected chi connectivity index (χ2v) is 3.68. The van der Waals surface area contributed by atoms with Crippen molar-refractivity contribution >= 4 is 11.9 Å². The zero-order valence-electron chi connectivity index (χ0n) is 8.93. The van der Waals surface area contributed by atoms with Gasteiger partial charge in [-0.25, -0.2) is 4.79 Å². The van der Waals surface area contributed by atoms with E-state index in [-0.39, 0.29) is 12.1 Å². The van der Waals surface area contributed by atoms with Crippen molar-refractivity contribution < 1.29 is 4.79 Å². The summed E-state index contributed by atoms with van der Waals surface area (Å²) in [5.41, 5.74) is 7.51. The molecular weight excluding hydrogens is 194 g/mol. The van der Waals surface area contributed by atoms with Gasteiger partial charge in [-0.1, -0.05) is 0 Å². The van der Waals surface area contributed by atoms with Gasteiger partial charge in [0.2, 0.25) is 0 Å². The molecule has 1 aliphatic rings. The van der Waals surface area contributed by atoms with Crippen LogP contribution in [0.25, 0.3) is 0 Å². The highest BCUT2D eigenvalue weighted by Crippen LogP contribution is 2.26. The van der Waals surface area contributed by atoms with Gasteiger partial charge in [-0.3, -0.25) is 4.68 Å². The van der Waals surface area contributed by atoms with Gasteiger partial charge in [-0.15, -0.1) is 0 Å². The molecule has 6 heteroatoms. The molecule has 2 amide bonds. The van der Waals surface area contributed by atoms with Gasteiger partial charge in [-0.05, 0) is 6.92 Å². The van der Waals surface area contributed by atoms with Crippen molar-refractivity contribution in [3.63, 3.8) is 0 Å². The van der Waals surface area contributed by atoms with Crippen LogP contribution in [0.1, 0.15) is 17.3 Å². The van der Waals surface area contributed by atoms with Crippen molar-refractivity contribution in [2.45, 2.75) is 13.0 Å². The Morgan fingerprint density at radius 3 is 2.53 bits per heavy atom. The van der Waals surface area contributed by atoms with E-state index in [1.807, 2.05) is 20.2 Å². The number of amidine groups is 1. The SMILES string of the molecule is Cc1nn(C)cc1C1C(N)=NC(=O)N1C. The first kappa shape index (κ1) is 9.70. The van der Waals surface area contributed by atoms with Gasteiger partial charge in [0, 0.05) is 25.9 Å². The highest BCUT2D eigenvalue weighted by molar-refractivity contribution is 6.03. The Balaban J connectivity index is 2.44. The predicted molar refractivity (Wildman–Crippen MR) is 55.5 cm³/mol. The van der Waals surface area contributed by atoms with E-state index in [2.05, 4.69) is 10.1 Å². The first-order valence-electron chi connectivity index (χ1n) is 4.61. The van der Waals surface area contributed by atoms with Crippen LogP contribution < -0.4 is 5.73 Å². The zero-order chi connectivity index (χ0) is 11.2. The maximum atomic E-state index is 11.3. The molecule has 1 aromatic rings. The van der Waals surface area contributed by atoms with E-state index < -0.39 is 0 Å². The fraction of sp³-hybridized carbons (Fsp3) is 0.444. The number of hydrogen-bond acceptors (Lipinski definition) is 3. The maximum Gasteiger partial charge on any atom is 0.345 e. The molecule has 6 nitrogen and oxygen atoms in total. The molecule has 1 unspecified atom stereocenters. The van der Waals surface area contributed by atoms with Gasteiger partial charge in [0.25, 0.3) is 0 Å². The lowest BCUT2D eigenvalue weighted by Crippen LogP contribution is -2.30. The largest absolute Gasteiger partial charge is 0.385 e. The summed E-state index contributed by atoms with van der Waals surface area (Å²) < 4.78 is 1.70. The molecule has 0 bridgehead atoms. The van der Waals surface area contributed by atoms with Crippen molar-refractivity contribution in [2.24, 2.45) is 17.8 Å². The Morgan fingerprint density at radius 1 is 1.47 bits per heavy atom. The number of urea groups is 1. The standard InChI is InChI=1S/C9H13N5O/c1-5-6(4-13(2)12-5)7-8(10)11-9(15)14(7)3/h4,7H,1-3H3,(H2,10,11,15). The first-order chi connectivity index (χ1) is 7.00. The number of carbonyl (C=O) groups is 1. The first-order valence-corrected chi connectivity index (χ1v) is 4.61. The lowest BCUT2D eigenvalue weighted by atomic mass is 10.1. The van der Waals surface area contributed by atoms with Crippen molar-refractivity contribution in [1.82, 2.24) is 14.7 Å². The van der Waals surface area contributed by atoms with Gasteiger partial charge >= 0.3 is 6.03 Å². The van der Waals surface area contributed by atoms with Gasteiger partial charge in [-0.2, -0.15) is 10.1 Å². The quantitative estimate of drug-likeness (QED) is 0.714. The fourth-order valence-corrected chi connectivity index (χ4v) is 1.81. The van der Waals surface area contributed by atoms with E-state index >= 15 is 0 Å². The number of aryl methyl sites for hydroxylation is 2. The maximum absolute atomic E-state index is 11.3. The molecule has 0 spiro atoms. The summed E-state index contributed by atoms with van der Waals surface area (Å²) in [6, 6.07) is -0.577. The minimum atomic E-state index is -0.305. The highest BCUT2D eigenvalue weighted by atomic mass is 16.2. The van der Waals surface area contributed by atoms with Crippen LogP contribution in [0.3, 0.4) is 0 Å². The van der Waals surface area contributed by atoms with Crippen LogP contribution in [0.5, 0.6) is 0 Å². The van der Waals surface area contributed by atoms with Gasteiger partial charge < -0.3 is 10.6 Å². The van der Waals surface area contributed by atoms with Crippen LogP contribution in [0, 0.1) is 6.92 Å². The summed E-state index contributed by atoms with van der Waals surface area (Å²) in [4.78, 5) is 16.6. The minimum Gasteiger partial charge on any atom is -0.385 e. The normalized spacial score (nSPS) is 21.0. The predicted octanol–water partition coefficient (Wildman–Crippen LogP) is 0.192. The second kappa shape index (κ2) is 3.08. The molecule has 0 fully saturated rings. The topological polar surface area (TPSA) is 76.5 Å². The lowest BCUT2D eigenvalue weighted by molar-refractivity contribution is 0.218. The van der Waals surface area contributed by atoms with Crippen LogP contribution in [0.2, 0.25) is 0 Å². The molecule has 0 saturated heterocycles. The third-order valence-electron chi connectivity index (χ3n) is 2.54. The Labute approximate surface area is 87.4 Å². The Hall–Kier alpha value is -1.85. The number of amides is 2. The van der Waals surface area contributed by atoms with Crippen molar-refractivity contribution in [3.8, 4) is 0 Å². The second-order valence-electron chi connectivity index (χ2n) is 3.68. The molecule has 1 aliphatic heterocycles. The zero-order valence-corrected chi connectivity index (χ0v) is 8.93. The third kappa shape index (κ3) is 1.38. The Morgan fingerprint density at radius 2 is 2.13 bits per heavy atom. The number of rotatable bonds is 1. The van der Waals surface area contributed by atoms with E-state index in [0.717, 1.165) is 11.3 Å². The average Bonchev–Trinajstić information content (AvgIpc) is 2.56. The summed E-state index contributed by atoms with van der Waals surface area (Å²) in [7, 11) is 3.52. The number of likely N-dealkylation sites (N-methyl/N-ethyl adjacent to an activating group) is 1. The Kier molecular flexibility index (Phi) is 1.99. The number of aromatic nitrogens is 2. The molecule has 80 valence electrons. The molecule has 0 radical (unpaired) electrons. The molecular formula is C9H13N5O. The van der Waals surface area contributed by atoms with E-state index in [9.17, 15) is 4.79 Å². The van der Waals surface area contributed by atoms with Crippen LogP contribution >= 0.6 is 0 Å². The average molecular weight is 207 g/mol. The molecule has 15 heavy (non-hydrogen) atoms. The molecule has 1 aromatic heterocycles. The fourth-order valence-electron chi connectivity index (χ4n) is 1.81. The smallest absolute Gasteiger partial charge is 0.345 e. The van der Waals surface area contributed by atoms with Crippen LogP contribution in [-0.2, 0) is 7.05 Å². The molecule has 1 atom stereocenters. The van der Waals surface area contributed by atoms with Gasteiger partial charge in [0.1, 0.15) is 11.9 Å². The summed E-state index contributed by atoms with van der Waals surface area (Å²) in [6.07, 6.45) is 1.86. The summed E-state index contributed by atoms with van der Waals surface area (Å²) >= 11 is 0. The highest BCUT2D eigenvalue weighted by Gasteiger charge is 2.33. The molecule has 0 aliphatic carbocycles. The summed E-state index contributed by atoms with van der Waals surface area (Å²) in [5.74, 6) is 0.332. The monoisotopic (exact) mass is 207 g/mol.